The minimum atomic E-state index is -0.495. The summed E-state index contributed by atoms with van der Waals surface area (Å²) >= 11 is 0. The van der Waals surface area contributed by atoms with Crippen LogP contribution in [0.25, 0.3) is 0 Å². The van der Waals surface area contributed by atoms with Crippen LogP contribution in [0.2, 0.25) is 0 Å². The van der Waals surface area contributed by atoms with Crippen molar-refractivity contribution in [1.82, 2.24) is 15.1 Å². The summed E-state index contributed by atoms with van der Waals surface area (Å²) in [7, 11) is 6.15. The summed E-state index contributed by atoms with van der Waals surface area (Å²) in [5.41, 5.74) is 3.41. The van der Waals surface area contributed by atoms with Crippen LogP contribution in [0.5, 0.6) is 0 Å². The molecule has 2 aromatic rings. The van der Waals surface area contributed by atoms with Crippen molar-refractivity contribution in [2.45, 2.75) is 24.8 Å². The summed E-state index contributed by atoms with van der Waals surface area (Å²) in [6, 6.07) is 19.0. The van der Waals surface area contributed by atoms with E-state index in [1.54, 1.807) is 0 Å². The second kappa shape index (κ2) is 8.68. The highest BCUT2D eigenvalue weighted by molar-refractivity contribution is 5.88. The Morgan fingerprint density at radius 1 is 0.926 bits per heavy atom. The molecule has 4 heteroatoms. The fourth-order valence-corrected chi connectivity index (χ4v) is 3.91. The van der Waals surface area contributed by atoms with Crippen LogP contribution >= 0.6 is 0 Å². The van der Waals surface area contributed by atoms with Crippen LogP contribution in [-0.4, -0.2) is 62.0 Å². The Hall–Kier alpha value is -2.17. The largest absolute Gasteiger partial charge is 0.353 e. The maximum Gasteiger partial charge on any atom is 0.241 e. The Kier molecular flexibility index (Phi) is 6.30. The van der Waals surface area contributed by atoms with Crippen molar-refractivity contribution >= 4 is 5.91 Å². The monoisotopic (exact) mass is 365 g/mol. The Morgan fingerprint density at radius 3 is 2.11 bits per heavy atom. The second-order valence-corrected chi connectivity index (χ2v) is 7.87. The normalized spacial score (nSPS) is 15.1. The Morgan fingerprint density at radius 2 is 1.52 bits per heavy atom. The van der Waals surface area contributed by atoms with Gasteiger partial charge in [0.1, 0.15) is 5.54 Å². The molecule has 2 aromatic carbocycles. The maximum absolute atomic E-state index is 13.3. The number of benzene rings is 2. The van der Waals surface area contributed by atoms with E-state index in [-0.39, 0.29) is 5.91 Å². The van der Waals surface area contributed by atoms with Crippen LogP contribution in [0.3, 0.4) is 0 Å². The Labute approximate surface area is 163 Å². The molecule has 0 fully saturated rings. The van der Waals surface area contributed by atoms with Gasteiger partial charge in [0.05, 0.1) is 0 Å². The van der Waals surface area contributed by atoms with Gasteiger partial charge in [0.15, 0.2) is 0 Å². The lowest BCUT2D eigenvalue weighted by Crippen LogP contribution is -2.59. The molecule has 0 heterocycles. The van der Waals surface area contributed by atoms with E-state index in [4.69, 9.17) is 0 Å². The molecule has 1 aliphatic carbocycles. The zero-order valence-corrected chi connectivity index (χ0v) is 16.7. The van der Waals surface area contributed by atoms with E-state index in [1.807, 2.05) is 20.2 Å². The molecule has 0 saturated heterocycles. The standard InChI is InChI=1S/C23H31N3O/c1-25(2)16-14-24-22(27)23(17-20-11-7-8-12-21(20)18-23)26(3)15-13-19-9-5-4-6-10-19/h4-12H,13-18H2,1-3H3,(H,24,27). The maximum atomic E-state index is 13.3. The Balaban J connectivity index is 1.75. The van der Waals surface area contributed by atoms with Gasteiger partial charge < -0.3 is 10.2 Å². The molecule has 0 saturated carbocycles. The summed E-state index contributed by atoms with van der Waals surface area (Å²) in [6.07, 6.45) is 2.50. The van der Waals surface area contributed by atoms with Crippen molar-refractivity contribution in [1.29, 1.82) is 0 Å². The van der Waals surface area contributed by atoms with Gasteiger partial charge in [-0.05, 0) is 44.3 Å². The van der Waals surface area contributed by atoms with Crippen LogP contribution in [0.1, 0.15) is 16.7 Å². The van der Waals surface area contributed by atoms with Crippen molar-refractivity contribution in [3.8, 4) is 0 Å². The molecular formula is C23H31N3O. The van der Waals surface area contributed by atoms with E-state index in [2.05, 4.69) is 70.7 Å². The topological polar surface area (TPSA) is 35.6 Å². The first-order valence-corrected chi connectivity index (χ1v) is 9.76. The molecule has 144 valence electrons. The van der Waals surface area contributed by atoms with Crippen LogP contribution in [0.15, 0.2) is 54.6 Å². The number of amides is 1. The van der Waals surface area contributed by atoms with E-state index in [9.17, 15) is 4.79 Å². The SMILES string of the molecule is CN(C)CCNC(=O)C1(N(C)CCc2ccccc2)Cc2ccccc2C1. The number of hydrogen-bond acceptors (Lipinski definition) is 3. The van der Waals surface area contributed by atoms with Gasteiger partial charge in [-0.1, -0.05) is 54.6 Å². The van der Waals surface area contributed by atoms with Crippen molar-refractivity contribution < 1.29 is 4.79 Å². The number of hydrogen-bond donors (Lipinski definition) is 1. The van der Waals surface area contributed by atoms with Gasteiger partial charge in [-0.3, -0.25) is 9.69 Å². The van der Waals surface area contributed by atoms with E-state index in [0.717, 1.165) is 32.4 Å². The molecule has 1 N–H and O–H groups in total. The third kappa shape index (κ3) is 4.57. The second-order valence-electron chi connectivity index (χ2n) is 7.87. The van der Waals surface area contributed by atoms with Gasteiger partial charge in [-0.25, -0.2) is 0 Å². The fraction of sp³-hybridized carbons (Fsp3) is 0.435. The molecule has 0 atom stereocenters. The molecular weight excluding hydrogens is 334 g/mol. The number of rotatable bonds is 8. The molecule has 4 nitrogen and oxygen atoms in total. The van der Waals surface area contributed by atoms with Crippen molar-refractivity contribution in [3.05, 3.63) is 71.3 Å². The number of nitrogens with one attached hydrogen (secondary N) is 1. The van der Waals surface area contributed by atoms with Crippen LogP contribution in [-0.2, 0) is 24.1 Å². The summed E-state index contributed by atoms with van der Waals surface area (Å²) in [5.74, 6) is 0.149. The lowest BCUT2D eigenvalue weighted by atomic mass is 9.91. The lowest BCUT2D eigenvalue weighted by molar-refractivity contribution is -0.132. The van der Waals surface area contributed by atoms with Crippen molar-refractivity contribution in [2.24, 2.45) is 0 Å². The van der Waals surface area contributed by atoms with Crippen LogP contribution < -0.4 is 5.32 Å². The summed E-state index contributed by atoms with van der Waals surface area (Å²) < 4.78 is 0. The zero-order valence-electron chi connectivity index (χ0n) is 16.7. The third-order valence-electron chi connectivity index (χ3n) is 5.66. The quantitative estimate of drug-likeness (QED) is 0.780. The molecule has 1 amide bonds. The number of fused-ring (bicyclic) bond motifs is 1. The van der Waals surface area contributed by atoms with Gasteiger partial charge >= 0.3 is 0 Å². The zero-order chi connectivity index (χ0) is 19.3. The molecule has 0 aromatic heterocycles. The predicted octanol–water partition coefficient (Wildman–Crippen LogP) is 2.38. The first kappa shape index (κ1) is 19.6. The highest BCUT2D eigenvalue weighted by atomic mass is 16.2. The van der Waals surface area contributed by atoms with E-state index >= 15 is 0 Å². The van der Waals surface area contributed by atoms with E-state index in [1.165, 1.54) is 16.7 Å². The summed E-state index contributed by atoms with van der Waals surface area (Å²) in [6.45, 7) is 2.39. The number of likely N-dealkylation sites (N-methyl/N-ethyl adjacent to an activating group) is 2. The number of nitrogens with zero attached hydrogens (tertiary/aromatic N) is 2. The van der Waals surface area contributed by atoms with Gasteiger partial charge in [0.2, 0.25) is 5.91 Å². The van der Waals surface area contributed by atoms with Crippen molar-refractivity contribution in [2.75, 3.05) is 40.8 Å². The van der Waals surface area contributed by atoms with Gasteiger partial charge in [0.25, 0.3) is 0 Å². The molecule has 0 unspecified atom stereocenters. The number of carbonyl (C=O) groups is 1. The molecule has 3 rings (SSSR count). The smallest absolute Gasteiger partial charge is 0.241 e. The highest BCUT2D eigenvalue weighted by Crippen LogP contribution is 2.34. The van der Waals surface area contributed by atoms with Crippen molar-refractivity contribution in [3.63, 3.8) is 0 Å². The first-order valence-electron chi connectivity index (χ1n) is 9.76. The van der Waals surface area contributed by atoms with Crippen LogP contribution in [0, 0.1) is 0 Å². The fourth-order valence-electron chi connectivity index (χ4n) is 3.91. The summed E-state index contributed by atoms with van der Waals surface area (Å²) in [4.78, 5) is 17.7. The molecule has 1 aliphatic rings. The van der Waals surface area contributed by atoms with E-state index < -0.39 is 5.54 Å². The molecule has 0 spiro atoms. The van der Waals surface area contributed by atoms with Crippen LogP contribution in [0.4, 0.5) is 0 Å². The van der Waals surface area contributed by atoms with Gasteiger partial charge in [-0.15, -0.1) is 0 Å². The average Bonchev–Trinajstić information content (AvgIpc) is 3.07. The molecule has 0 bridgehead atoms. The average molecular weight is 366 g/mol. The minimum absolute atomic E-state index is 0.149. The van der Waals surface area contributed by atoms with Gasteiger partial charge in [0, 0.05) is 32.5 Å². The summed E-state index contributed by atoms with van der Waals surface area (Å²) in [5, 5.41) is 3.19. The molecule has 27 heavy (non-hydrogen) atoms. The number of carbonyl (C=O) groups excluding carboxylic acids is 1. The lowest BCUT2D eigenvalue weighted by Gasteiger charge is -2.37. The molecule has 0 radical (unpaired) electrons. The van der Waals surface area contributed by atoms with E-state index in [0.29, 0.717) is 6.54 Å². The first-order chi connectivity index (χ1) is 13.0. The predicted molar refractivity (Wildman–Crippen MR) is 111 cm³/mol. The Bertz CT molecular complexity index is 732. The minimum Gasteiger partial charge on any atom is -0.353 e. The van der Waals surface area contributed by atoms with Gasteiger partial charge in [-0.2, -0.15) is 0 Å². The highest BCUT2D eigenvalue weighted by Gasteiger charge is 2.46. The molecule has 0 aliphatic heterocycles. The third-order valence-corrected chi connectivity index (χ3v) is 5.66.